The van der Waals surface area contributed by atoms with Gasteiger partial charge in [0.05, 0.1) is 11.4 Å². The van der Waals surface area contributed by atoms with Gasteiger partial charge in [0.1, 0.15) is 0 Å². The Bertz CT molecular complexity index is 543. The van der Waals surface area contributed by atoms with E-state index in [1.807, 2.05) is 7.05 Å². The van der Waals surface area contributed by atoms with E-state index in [0.29, 0.717) is 6.04 Å². The maximum Gasteiger partial charge on any atom is 0.0652 e. The molecule has 0 radical (unpaired) electrons. The molecule has 1 atom stereocenters. The lowest BCUT2D eigenvalue weighted by Gasteiger charge is -2.13. The third kappa shape index (κ3) is 2.87. The molecule has 2 aromatic rings. The zero-order valence-electron chi connectivity index (χ0n) is 12.3. The molecule has 0 fully saturated rings. The third-order valence-corrected chi connectivity index (χ3v) is 3.61. The first-order valence-corrected chi connectivity index (χ1v) is 7.05. The number of hydrogen-bond acceptors (Lipinski definition) is 2. The molecule has 0 bridgehead atoms. The van der Waals surface area contributed by atoms with Crippen LogP contribution in [0, 0.1) is 0 Å². The largest absolute Gasteiger partial charge is 0.313 e. The van der Waals surface area contributed by atoms with Crippen LogP contribution in [-0.4, -0.2) is 16.8 Å². The summed E-state index contributed by atoms with van der Waals surface area (Å²) in [5, 5.41) is 7.97. The second-order valence-electron chi connectivity index (χ2n) is 4.85. The molecule has 2 rings (SSSR count). The second kappa shape index (κ2) is 6.02. The molecular weight excluding hydrogens is 234 g/mol. The highest BCUT2D eigenvalue weighted by atomic mass is 15.3. The zero-order valence-corrected chi connectivity index (χ0v) is 12.3. The topological polar surface area (TPSA) is 29.9 Å². The van der Waals surface area contributed by atoms with E-state index in [2.05, 4.69) is 61.1 Å². The molecule has 1 aromatic heterocycles. The van der Waals surface area contributed by atoms with Gasteiger partial charge < -0.3 is 5.32 Å². The van der Waals surface area contributed by atoms with E-state index in [0.717, 1.165) is 24.2 Å². The summed E-state index contributed by atoms with van der Waals surface area (Å²) in [7, 11) is 1.98. The van der Waals surface area contributed by atoms with E-state index in [1.165, 1.54) is 11.3 Å². The number of rotatable bonds is 5. The van der Waals surface area contributed by atoms with Crippen LogP contribution in [0.25, 0.3) is 5.69 Å². The van der Waals surface area contributed by atoms with Crippen LogP contribution in [0.2, 0.25) is 0 Å². The van der Waals surface area contributed by atoms with Crippen LogP contribution in [0.3, 0.4) is 0 Å². The average molecular weight is 257 g/mol. The van der Waals surface area contributed by atoms with Crippen molar-refractivity contribution >= 4 is 0 Å². The van der Waals surface area contributed by atoms with Gasteiger partial charge in [-0.15, -0.1) is 0 Å². The second-order valence-corrected chi connectivity index (χ2v) is 4.85. The summed E-state index contributed by atoms with van der Waals surface area (Å²) < 4.78 is 2.07. The molecule has 0 aliphatic heterocycles. The van der Waals surface area contributed by atoms with Crippen LogP contribution in [0.5, 0.6) is 0 Å². The Morgan fingerprint density at radius 1 is 1.21 bits per heavy atom. The smallest absolute Gasteiger partial charge is 0.0652 e. The first-order chi connectivity index (χ1) is 9.19. The molecule has 0 aliphatic rings. The van der Waals surface area contributed by atoms with Crippen LogP contribution in [0.1, 0.15) is 43.8 Å². The highest BCUT2D eigenvalue weighted by Gasteiger charge is 2.09. The van der Waals surface area contributed by atoms with Crippen molar-refractivity contribution in [1.29, 1.82) is 0 Å². The summed E-state index contributed by atoms with van der Waals surface area (Å²) in [6.45, 7) is 6.49. The van der Waals surface area contributed by atoms with Crippen molar-refractivity contribution < 1.29 is 0 Å². The van der Waals surface area contributed by atoms with Gasteiger partial charge in [-0.2, -0.15) is 5.10 Å². The Morgan fingerprint density at radius 3 is 2.63 bits per heavy atom. The van der Waals surface area contributed by atoms with Crippen LogP contribution in [0.15, 0.2) is 30.3 Å². The van der Waals surface area contributed by atoms with Crippen molar-refractivity contribution in [3.05, 3.63) is 47.3 Å². The number of benzene rings is 1. The standard InChI is InChI=1S/C16H23N3/c1-5-14-11-15(6-2)19(18-14)16-9-7-8-13(10-16)12(3)17-4/h7-12,17H,5-6H2,1-4H3. The number of hydrogen-bond donors (Lipinski definition) is 1. The zero-order chi connectivity index (χ0) is 13.8. The van der Waals surface area contributed by atoms with Gasteiger partial charge in [0.25, 0.3) is 0 Å². The molecule has 1 aromatic carbocycles. The van der Waals surface area contributed by atoms with E-state index in [1.54, 1.807) is 0 Å². The summed E-state index contributed by atoms with van der Waals surface area (Å²) >= 11 is 0. The molecule has 3 heteroatoms. The first-order valence-electron chi connectivity index (χ1n) is 7.05. The third-order valence-electron chi connectivity index (χ3n) is 3.61. The number of nitrogens with one attached hydrogen (secondary N) is 1. The fraction of sp³-hybridized carbons (Fsp3) is 0.438. The van der Waals surface area contributed by atoms with Gasteiger partial charge in [0.15, 0.2) is 0 Å². The van der Waals surface area contributed by atoms with E-state index in [-0.39, 0.29) is 0 Å². The molecule has 19 heavy (non-hydrogen) atoms. The predicted octanol–water partition coefficient (Wildman–Crippen LogP) is 3.28. The molecular formula is C16H23N3. The van der Waals surface area contributed by atoms with Crippen LogP contribution in [0.4, 0.5) is 0 Å². The Hall–Kier alpha value is -1.61. The molecule has 1 unspecified atom stereocenters. The van der Waals surface area contributed by atoms with Crippen molar-refractivity contribution in [2.75, 3.05) is 7.05 Å². The van der Waals surface area contributed by atoms with Gasteiger partial charge in [0, 0.05) is 11.7 Å². The summed E-state index contributed by atoms with van der Waals surface area (Å²) in [6.07, 6.45) is 1.98. The highest BCUT2D eigenvalue weighted by Crippen LogP contribution is 2.19. The molecule has 0 saturated heterocycles. The maximum atomic E-state index is 4.69. The molecule has 1 N–H and O–H groups in total. The lowest BCUT2D eigenvalue weighted by atomic mass is 10.1. The Balaban J connectivity index is 2.43. The van der Waals surface area contributed by atoms with Gasteiger partial charge >= 0.3 is 0 Å². The van der Waals surface area contributed by atoms with Crippen LogP contribution in [-0.2, 0) is 12.8 Å². The minimum Gasteiger partial charge on any atom is -0.313 e. The van der Waals surface area contributed by atoms with Gasteiger partial charge in [-0.05, 0) is 50.6 Å². The van der Waals surface area contributed by atoms with Gasteiger partial charge in [-0.3, -0.25) is 0 Å². The van der Waals surface area contributed by atoms with E-state index in [9.17, 15) is 0 Å². The summed E-state index contributed by atoms with van der Waals surface area (Å²) in [4.78, 5) is 0. The number of aromatic nitrogens is 2. The fourth-order valence-corrected chi connectivity index (χ4v) is 2.22. The van der Waals surface area contributed by atoms with Crippen molar-refractivity contribution in [2.24, 2.45) is 0 Å². The van der Waals surface area contributed by atoms with Crippen LogP contribution >= 0.6 is 0 Å². The summed E-state index contributed by atoms with van der Waals surface area (Å²) in [5.74, 6) is 0. The molecule has 102 valence electrons. The number of nitrogens with zero attached hydrogens (tertiary/aromatic N) is 2. The van der Waals surface area contributed by atoms with Crippen LogP contribution < -0.4 is 5.32 Å². The molecule has 0 aliphatic carbocycles. The highest BCUT2D eigenvalue weighted by molar-refractivity contribution is 5.38. The lowest BCUT2D eigenvalue weighted by molar-refractivity contribution is 0.650. The Labute approximate surface area is 115 Å². The molecule has 0 saturated carbocycles. The van der Waals surface area contributed by atoms with Crippen molar-refractivity contribution in [3.8, 4) is 5.69 Å². The minimum atomic E-state index is 0.353. The minimum absolute atomic E-state index is 0.353. The molecule has 0 amide bonds. The van der Waals surface area contributed by atoms with Crippen molar-refractivity contribution in [2.45, 2.75) is 39.7 Å². The van der Waals surface area contributed by atoms with Gasteiger partial charge in [0.2, 0.25) is 0 Å². The molecule has 0 spiro atoms. The average Bonchev–Trinajstić information content (AvgIpc) is 2.90. The summed E-state index contributed by atoms with van der Waals surface area (Å²) in [5.41, 5.74) is 4.86. The Kier molecular flexibility index (Phi) is 4.38. The summed E-state index contributed by atoms with van der Waals surface area (Å²) in [6, 6.07) is 11.1. The fourth-order valence-electron chi connectivity index (χ4n) is 2.22. The van der Waals surface area contributed by atoms with Gasteiger partial charge in [-0.1, -0.05) is 26.0 Å². The predicted molar refractivity (Wildman–Crippen MR) is 79.8 cm³/mol. The molecule has 3 nitrogen and oxygen atoms in total. The van der Waals surface area contributed by atoms with Crippen molar-refractivity contribution in [3.63, 3.8) is 0 Å². The molecule has 1 heterocycles. The Morgan fingerprint density at radius 2 is 2.00 bits per heavy atom. The lowest BCUT2D eigenvalue weighted by Crippen LogP contribution is -2.13. The first kappa shape index (κ1) is 13.8. The number of aryl methyl sites for hydroxylation is 2. The maximum absolute atomic E-state index is 4.69. The monoisotopic (exact) mass is 257 g/mol. The van der Waals surface area contributed by atoms with E-state index >= 15 is 0 Å². The van der Waals surface area contributed by atoms with Crippen molar-refractivity contribution in [1.82, 2.24) is 15.1 Å². The quantitative estimate of drug-likeness (QED) is 0.891. The van der Waals surface area contributed by atoms with E-state index < -0.39 is 0 Å². The normalized spacial score (nSPS) is 12.6. The SMILES string of the molecule is CCc1cc(CC)n(-c2cccc(C(C)NC)c2)n1. The van der Waals surface area contributed by atoms with Gasteiger partial charge in [-0.25, -0.2) is 4.68 Å². The van der Waals surface area contributed by atoms with E-state index in [4.69, 9.17) is 5.10 Å².